The standard InChI is InChI=1S/2C21H17NO.2C15H14O.4C15H14S/c1-13(2)22-18-9-5-3-7-14(18)16-12-21-17(11-19(16)22)15-8-4-6-10-20(15)23-21;1-13(2)22-18-9-5-3-7-14(18)16-11-17-15-8-4-6-10-20(15)23-21(17)12-19(16)22;1-10(2)11-7-5-8-13-12-6-3-4-9-14(12)16-15(11)13;1-10(2)11-7-5-9-14-15(11)12-6-3-4-8-13(12)16-14;1-10(2)11-7-5-8-13-12-6-3-4-9-14(12)16-15(11)13;1-10(2)11-7-5-9-14-15(11)12-6-3-4-8-13(12)16-14;1-10(2)11-7-8-15-13(9-11)12-5-3-4-6-14(12)16-15;1-10(2)11-7-8-13-12-5-3-4-6-14(12)16-15(13)9-11/h2*3-13H,1-2H3;6*3-10H,1-2H3. The van der Waals surface area contributed by atoms with Crippen LogP contribution in [0.15, 0.2) is 394 Å². The zero-order valence-corrected chi connectivity index (χ0v) is 86.8. The van der Waals surface area contributed by atoms with Crippen molar-refractivity contribution < 1.29 is 17.7 Å². The van der Waals surface area contributed by atoms with Crippen LogP contribution in [0.4, 0.5) is 0 Å². The summed E-state index contributed by atoms with van der Waals surface area (Å²) in [7, 11) is 0. The average molecular weight is 1920 g/mol. The Morgan fingerprint density at radius 3 is 1.10 bits per heavy atom. The first kappa shape index (κ1) is 93.9. The lowest BCUT2D eigenvalue weighted by Crippen LogP contribution is -1.99. The molecule has 0 unspecified atom stereocenters. The third-order valence-electron chi connectivity index (χ3n) is 27.8. The molecule has 18 aromatic carbocycles. The molecule has 0 radical (unpaired) electrons. The van der Waals surface area contributed by atoms with Crippen LogP contribution in [-0.2, 0) is 0 Å². The second-order valence-corrected chi connectivity index (χ2v) is 44.1. The van der Waals surface area contributed by atoms with E-state index in [-0.39, 0.29) is 0 Å². The highest BCUT2D eigenvalue weighted by atomic mass is 32.1. The van der Waals surface area contributed by atoms with Crippen LogP contribution >= 0.6 is 45.3 Å². The van der Waals surface area contributed by atoms with Crippen molar-refractivity contribution in [1.82, 2.24) is 9.13 Å². The summed E-state index contributed by atoms with van der Waals surface area (Å²) in [6.07, 6.45) is 0. The predicted molar refractivity (Wildman–Crippen MR) is 624 cm³/mol. The highest BCUT2D eigenvalue weighted by molar-refractivity contribution is 7.27. The monoisotopic (exact) mass is 1920 g/mol. The number of benzene rings is 18. The van der Waals surface area contributed by atoms with E-state index in [1.165, 1.54) is 201 Å². The molecular weight excluding hydrogens is 1810 g/mol. The van der Waals surface area contributed by atoms with E-state index < -0.39 is 0 Å². The summed E-state index contributed by atoms with van der Waals surface area (Å²) in [6.45, 7) is 35.8. The molecule has 0 spiro atoms. The van der Waals surface area contributed by atoms with E-state index in [1.54, 1.807) is 0 Å². The zero-order valence-electron chi connectivity index (χ0n) is 83.6. The zero-order chi connectivity index (χ0) is 97.8. The van der Waals surface area contributed by atoms with Crippen LogP contribution in [0.2, 0.25) is 0 Å². The maximum absolute atomic E-state index is 6.08. The minimum atomic E-state index is 0.402. The molecule has 0 aliphatic rings. The van der Waals surface area contributed by atoms with Crippen molar-refractivity contribution in [2.24, 2.45) is 0 Å². The number of furan rings is 4. The minimum Gasteiger partial charge on any atom is -0.456 e. The summed E-state index contributed by atoms with van der Waals surface area (Å²) >= 11 is 7.59. The van der Waals surface area contributed by atoms with Crippen LogP contribution in [0.3, 0.4) is 0 Å². The highest BCUT2D eigenvalue weighted by Crippen LogP contribution is 2.46. The summed E-state index contributed by atoms with van der Waals surface area (Å²) in [5.41, 5.74) is 21.4. The van der Waals surface area contributed by atoms with Gasteiger partial charge in [-0.2, -0.15) is 0 Å². The fraction of sp³-hybridized carbons (Fsp3) is 0.182. The third kappa shape index (κ3) is 18.0. The van der Waals surface area contributed by atoms with E-state index >= 15 is 0 Å². The fourth-order valence-corrected chi connectivity index (χ4v) is 25.5. The Morgan fingerprint density at radius 2 is 0.528 bits per heavy atom. The summed E-state index contributed by atoms with van der Waals surface area (Å²) in [5, 5.41) is 26.1. The van der Waals surface area contributed by atoms with E-state index in [0.717, 1.165) is 44.7 Å². The molecule has 10 heterocycles. The van der Waals surface area contributed by atoms with Crippen LogP contribution in [0, 0.1) is 0 Å². The van der Waals surface area contributed by atoms with Crippen molar-refractivity contribution >= 4 is 257 Å². The first-order valence-corrected chi connectivity index (χ1v) is 53.4. The van der Waals surface area contributed by atoms with Crippen molar-refractivity contribution in [3.05, 3.63) is 409 Å². The Hall–Kier alpha value is -14.4. The van der Waals surface area contributed by atoms with E-state index in [9.17, 15) is 0 Å². The fourth-order valence-electron chi connectivity index (χ4n) is 20.8. The van der Waals surface area contributed by atoms with Gasteiger partial charge in [0.15, 0.2) is 0 Å². The molecule has 0 bridgehead atoms. The van der Waals surface area contributed by atoms with Gasteiger partial charge in [0.05, 0.1) is 11.0 Å². The summed E-state index contributed by atoms with van der Waals surface area (Å²) < 4.78 is 40.0. The molecule has 142 heavy (non-hydrogen) atoms. The Bertz CT molecular complexity index is 9220. The summed E-state index contributed by atoms with van der Waals surface area (Å²) in [4.78, 5) is 0. The maximum Gasteiger partial charge on any atom is 0.138 e. The summed E-state index contributed by atoms with van der Waals surface area (Å²) in [5.74, 6) is 3.39. The number of aromatic nitrogens is 2. The van der Waals surface area contributed by atoms with Crippen LogP contribution in [0.25, 0.3) is 212 Å². The molecule has 0 saturated carbocycles. The van der Waals surface area contributed by atoms with Gasteiger partial charge in [0.1, 0.15) is 44.7 Å². The first-order chi connectivity index (χ1) is 69.1. The number of para-hydroxylation sites is 7. The van der Waals surface area contributed by atoms with Crippen LogP contribution < -0.4 is 0 Å². The van der Waals surface area contributed by atoms with Crippen molar-refractivity contribution in [3.8, 4) is 0 Å². The molecule has 6 nitrogen and oxygen atoms in total. The topological polar surface area (TPSA) is 62.4 Å². The molecule has 0 N–H and O–H groups in total. The van der Waals surface area contributed by atoms with Gasteiger partial charge in [-0.25, -0.2) is 0 Å². The van der Waals surface area contributed by atoms with E-state index in [0.29, 0.717) is 47.6 Å². The average Bonchev–Trinajstić information content (AvgIpc) is 1.57. The molecular formula is C132H118N2O4S4. The number of hydrogen-bond acceptors (Lipinski definition) is 8. The minimum absolute atomic E-state index is 0.402. The lowest BCUT2D eigenvalue weighted by molar-refractivity contribution is 0.640. The van der Waals surface area contributed by atoms with Gasteiger partial charge >= 0.3 is 0 Å². The molecule has 10 heteroatoms. The number of hydrogen-bond donors (Lipinski definition) is 0. The number of thiophene rings is 4. The van der Waals surface area contributed by atoms with Crippen molar-refractivity contribution in [2.75, 3.05) is 0 Å². The van der Waals surface area contributed by atoms with Crippen molar-refractivity contribution in [1.29, 1.82) is 0 Å². The number of nitrogens with zero attached hydrogens (tertiary/aromatic N) is 2. The molecule has 0 amide bonds. The maximum atomic E-state index is 6.08. The van der Waals surface area contributed by atoms with E-state index in [4.69, 9.17) is 17.7 Å². The molecule has 0 saturated heterocycles. The van der Waals surface area contributed by atoms with Crippen molar-refractivity contribution in [3.63, 3.8) is 0 Å². The van der Waals surface area contributed by atoms with Gasteiger partial charge in [0.25, 0.3) is 0 Å². The van der Waals surface area contributed by atoms with Gasteiger partial charge < -0.3 is 26.8 Å². The lowest BCUT2D eigenvalue weighted by Gasteiger charge is -2.11. The Kier molecular flexibility index (Phi) is 26.4. The van der Waals surface area contributed by atoms with Gasteiger partial charge in [-0.15, -0.1) is 45.3 Å². The quantitative estimate of drug-likeness (QED) is 0.152. The smallest absolute Gasteiger partial charge is 0.138 e. The van der Waals surface area contributed by atoms with Crippen LogP contribution in [-0.4, -0.2) is 9.13 Å². The first-order valence-electron chi connectivity index (χ1n) is 50.2. The van der Waals surface area contributed by atoms with Gasteiger partial charge in [-0.05, 0) is 206 Å². The molecule has 0 atom stereocenters. The molecule has 28 aromatic rings. The SMILES string of the molecule is CC(C)c1ccc2c(c1)sc1ccccc12.CC(C)c1ccc2sc3ccccc3c2c1.CC(C)c1cccc2c1oc1ccccc12.CC(C)c1cccc2c1sc1ccccc12.CC(C)c1cccc2oc3ccccc3c12.CC(C)c1cccc2sc3ccccc3c12.CC(C)n1c2ccccc2c2cc3c(cc21)oc1ccccc13.CC(C)n1c2ccccc2c2cc3oc4ccccc4c3cc21. The molecule has 704 valence electrons. The predicted octanol–water partition coefficient (Wildman–Crippen LogP) is 42.7. The molecule has 0 aliphatic heterocycles. The highest BCUT2D eigenvalue weighted by Gasteiger charge is 2.22. The third-order valence-corrected chi connectivity index (χ3v) is 32.5. The van der Waals surface area contributed by atoms with Gasteiger partial charge in [-0.1, -0.05) is 344 Å². The Labute approximate surface area is 845 Å². The Morgan fingerprint density at radius 1 is 0.176 bits per heavy atom. The van der Waals surface area contributed by atoms with E-state index in [1.807, 2.05) is 99.9 Å². The summed E-state index contributed by atoms with van der Waals surface area (Å²) in [6, 6.07) is 134. The lowest BCUT2D eigenvalue weighted by atomic mass is 9.97. The van der Waals surface area contributed by atoms with E-state index in [2.05, 4.69) is 441 Å². The van der Waals surface area contributed by atoms with Crippen LogP contribution in [0.1, 0.15) is 192 Å². The molecule has 0 aliphatic carbocycles. The largest absolute Gasteiger partial charge is 0.456 e. The normalized spacial score (nSPS) is 11.9. The van der Waals surface area contributed by atoms with Gasteiger partial charge in [0, 0.05) is 175 Å². The second-order valence-electron chi connectivity index (χ2n) is 39.8. The second kappa shape index (κ2) is 40.0. The molecule has 10 aromatic heterocycles. The number of rotatable bonds is 8. The number of fused-ring (bicyclic) bond motifs is 30. The van der Waals surface area contributed by atoms with Crippen molar-refractivity contribution in [2.45, 2.75) is 158 Å². The van der Waals surface area contributed by atoms with Gasteiger partial charge in [-0.3, -0.25) is 0 Å². The van der Waals surface area contributed by atoms with Crippen LogP contribution in [0.5, 0.6) is 0 Å². The van der Waals surface area contributed by atoms with Gasteiger partial charge in [0.2, 0.25) is 0 Å². The molecule has 28 rings (SSSR count). The Balaban J connectivity index is 0.0000000965. The molecule has 0 fully saturated rings.